The molecule has 0 aromatic rings. The number of aliphatic hydroxyl groups excluding tert-OH is 1. The molecule has 6 N–H and O–H groups in total. The molecule has 1 aliphatic rings. The van der Waals surface area contributed by atoms with Crippen LogP contribution in [-0.2, 0) is 23.9 Å². The van der Waals surface area contributed by atoms with E-state index in [1.807, 2.05) is 13.8 Å². The highest BCUT2D eigenvalue weighted by Gasteiger charge is 2.32. The fraction of sp³-hybridized carbons (Fsp3) is 0.769. The molecule has 10 nitrogen and oxygen atoms in total. The lowest BCUT2D eigenvalue weighted by Crippen LogP contribution is -2.57. The van der Waals surface area contributed by atoms with Gasteiger partial charge in [0.15, 0.2) is 6.10 Å². The smallest absolute Gasteiger partial charge is 0.325 e. The molecular weight excluding hydrogens is 464 g/mol. The minimum atomic E-state index is -1.57. The van der Waals surface area contributed by atoms with E-state index in [0.29, 0.717) is 19.3 Å². The van der Waals surface area contributed by atoms with Gasteiger partial charge in [-0.05, 0) is 31.6 Å². The van der Waals surface area contributed by atoms with Crippen molar-refractivity contribution in [1.29, 1.82) is 0 Å². The lowest BCUT2D eigenvalue weighted by molar-refractivity contribution is -0.144. The largest absolute Gasteiger partial charge is 0.460 e. The molecular formula is C26H46N4O6. The lowest BCUT2D eigenvalue weighted by atomic mass is 9.84. The summed E-state index contributed by atoms with van der Waals surface area (Å²) in [6, 6.07) is -2.37. The lowest BCUT2D eigenvalue weighted by Gasteiger charge is -2.29. The van der Waals surface area contributed by atoms with Crippen molar-refractivity contribution in [3.63, 3.8) is 0 Å². The molecule has 1 rings (SSSR count). The fourth-order valence-corrected chi connectivity index (χ4v) is 4.40. The quantitative estimate of drug-likeness (QED) is 0.112. The van der Waals surface area contributed by atoms with Crippen molar-refractivity contribution < 1.29 is 29.0 Å². The number of esters is 1. The molecule has 2 unspecified atom stereocenters. The second-order valence-corrected chi connectivity index (χ2v) is 9.52. The van der Waals surface area contributed by atoms with Gasteiger partial charge in [-0.15, -0.1) is 0 Å². The van der Waals surface area contributed by atoms with Gasteiger partial charge in [-0.1, -0.05) is 71.4 Å². The molecule has 1 aliphatic carbocycles. The average molecular weight is 511 g/mol. The van der Waals surface area contributed by atoms with Gasteiger partial charge in [0.1, 0.15) is 19.2 Å². The molecule has 4 atom stereocenters. The minimum absolute atomic E-state index is 0.0152. The first kappa shape index (κ1) is 31.6. The number of hydrogen-bond acceptors (Lipinski definition) is 7. The van der Waals surface area contributed by atoms with Crippen LogP contribution in [0, 0.1) is 5.92 Å². The number of hydrogen-bond donors (Lipinski definition) is 5. The molecule has 10 heteroatoms. The first-order valence-corrected chi connectivity index (χ1v) is 13.3. The minimum Gasteiger partial charge on any atom is -0.460 e. The first-order valence-electron chi connectivity index (χ1n) is 13.3. The van der Waals surface area contributed by atoms with E-state index in [-0.39, 0.29) is 18.4 Å². The Morgan fingerprint density at radius 2 is 1.69 bits per heavy atom. The van der Waals surface area contributed by atoms with Gasteiger partial charge < -0.3 is 31.5 Å². The van der Waals surface area contributed by atoms with Gasteiger partial charge in [0, 0.05) is 0 Å². The molecule has 0 aliphatic heterocycles. The van der Waals surface area contributed by atoms with E-state index in [1.165, 1.54) is 6.08 Å². The van der Waals surface area contributed by atoms with Gasteiger partial charge in [0.2, 0.25) is 11.8 Å². The normalized spacial score (nSPS) is 17.2. The van der Waals surface area contributed by atoms with Crippen LogP contribution in [0.2, 0.25) is 0 Å². The predicted molar refractivity (Wildman–Crippen MR) is 138 cm³/mol. The third-order valence-electron chi connectivity index (χ3n) is 6.54. The maximum atomic E-state index is 13.2. The molecule has 3 amide bonds. The molecule has 0 radical (unpaired) electrons. The SMILES string of the molecule is C=CCOC(=O)CNC(=O)C(O)C(CCC)NC(=O)[C@H](CCCCC)NC(=O)[C@@H](N)C1CCCCC1. The molecule has 0 heterocycles. The average Bonchev–Trinajstić information content (AvgIpc) is 2.89. The van der Waals surface area contributed by atoms with E-state index in [4.69, 9.17) is 10.5 Å². The molecule has 36 heavy (non-hydrogen) atoms. The van der Waals surface area contributed by atoms with Crippen LogP contribution in [0.15, 0.2) is 12.7 Å². The van der Waals surface area contributed by atoms with Crippen LogP contribution >= 0.6 is 0 Å². The molecule has 0 aromatic carbocycles. The Morgan fingerprint density at radius 1 is 1.00 bits per heavy atom. The summed E-state index contributed by atoms with van der Waals surface area (Å²) in [4.78, 5) is 50.1. The third kappa shape index (κ3) is 11.5. The first-order chi connectivity index (χ1) is 17.2. The third-order valence-corrected chi connectivity index (χ3v) is 6.54. The van der Waals surface area contributed by atoms with Crippen LogP contribution in [0.5, 0.6) is 0 Å². The Bertz CT molecular complexity index is 711. The van der Waals surface area contributed by atoms with Gasteiger partial charge >= 0.3 is 5.97 Å². The number of aliphatic hydroxyl groups is 1. The van der Waals surface area contributed by atoms with E-state index in [1.54, 1.807) is 0 Å². The molecule has 1 saturated carbocycles. The maximum absolute atomic E-state index is 13.2. The summed E-state index contributed by atoms with van der Waals surface area (Å²) in [5, 5.41) is 18.5. The van der Waals surface area contributed by atoms with Crippen molar-refractivity contribution in [3.8, 4) is 0 Å². The number of unbranched alkanes of at least 4 members (excludes halogenated alkanes) is 2. The van der Waals surface area contributed by atoms with E-state index in [0.717, 1.165) is 51.4 Å². The highest BCUT2D eigenvalue weighted by Crippen LogP contribution is 2.25. The highest BCUT2D eigenvalue weighted by molar-refractivity contribution is 5.91. The van der Waals surface area contributed by atoms with Crippen LogP contribution in [0.3, 0.4) is 0 Å². The summed E-state index contributed by atoms with van der Waals surface area (Å²) in [7, 11) is 0. The number of amides is 3. The summed E-state index contributed by atoms with van der Waals surface area (Å²) in [6.07, 6.45) is 8.85. The van der Waals surface area contributed by atoms with E-state index >= 15 is 0 Å². The Hall–Kier alpha value is -2.46. The van der Waals surface area contributed by atoms with Crippen molar-refractivity contribution in [2.75, 3.05) is 13.2 Å². The number of carbonyl (C=O) groups is 4. The topological polar surface area (TPSA) is 160 Å². The van der Waals surface area contributed by atoms with Crippen LogP contribution in [0.4, 0.5) is 0 Å². The van der Waals surface area contributed by atoms with Gasteiger partial charge in [-0.25, -0.2) is 0 Å². The second-order valence-electron chi connectivity index (χ2n) is 9.52. The van der Waals surface area contributed by atoms with Crippen molar-refractivity contribution in [2.24, 2.45) is 11.7 Å². The van der Waals surface area contributed by atoms with Crippen LogP contribution in [0.1, 0.15) is 84.5 Å². The number of nitrogens with one attached hydrogen (secondary N) is 3. The van der Waals surface area contributed by atoms with Crippen molar-refractivity contribution >= 4 is 23.7 Å². The van der Waals surface area contributed by atoms with Crippen molar-refractivity contribution in [3.05, 3.63) is 12.7 Å². The van der Waals surface area contributed by atoms with Gasteiger partial charge in [-0.3, -0.25) is 19.2 Å². The second kappa shape index (κ2) is 17.9. The Morgan fingerprint density at radius 3 is 2.31 bits per heavy atom. The summed E-state index contributed by atoms with van der Waals surface area (Å²) in [5.74, 6) is -2.17. The van der Waals surface area contributed by atoms with Gasteiger partial charge in [0.25, 0.3) is 5.91 Å². The van der Waals surface area contributed by atoms with E-state index in [9.17, 15) is 24.3 Å². The standard InChI is InChI=1S/C26H46N4O6/c1-4-7-9-15-20(30-25(34)22(27)18-13-10-8-11-14-18)24(33)29-19(12-5-2)23(32)26(35)28-17-21(31)36-16-6-3/h6,18-20,22-23,32H,3-5,7-17,27H2,1-2H3,(H,28,35)(H,29,33)(H,30,34)/t19?,20-,22-,23?/m0/s1. The Kier molecular flexibility index (Phi) is 15.7. The fourth-order valence-electron chi connectivity index (χ4n) is 4.40. The predicted octanol–water partition coefficient (Wildman–Crippen LogP) is 1.45. The summed E-state index contributed by atoms with van der Waals surface area (Å²) in [6.45, 7) is 6.95. The summed E-state index contributed by atoms with van der Waals surface area (Å²) in [5.41, 5.74) is 6.24. The molecule has 1 fully saturated rings. The molecule has 0 aromatic heterocycles. The number of ether oxygens (including phenoxy) is 1. The summed E-state index contributed by atoms with van der Waals surface area (Å²) < 4.78 is 4.80. The Labute approximate surface area is 215 Å². The van der Waals surface area contributed by atoms with Gasteiger partial charge in [0.05, 0.1) is 12.1 Å². The number of nitrogens with two attached hydrogens (primary N) is 1. The van der Waals surface area contributed by atoms with Crippen LogP contribution in [0.25, 0.3) is 0 Å². The van der Waals surface area contributed by atoms with Crippen molar-refractivity contribution in [1.82, 2.24) is 16.0 Å². The number of carbonyl (C=O) groups excluding carboxylic acids is 4. The number of rotatable bonds is 17. The Balaban J connectivity index is 2.80. The summed E-state index contributed by atoms with van der Waals surface area (Å²) >= 11 is 0. The molecule has 206 valence electrons. The van der Waals surface area contributed by atoms with Gasteiger partial charge in [-0.2, -0.15) is 0 Å². The zero-order valence-corrected chi connectivity index (χ0v) is 21.9. The molecule has 0 saturated heterocycles. The van der Waals surface area contributed by atoms with E-state index in [2.05, 4.69) is 22.5 Å². The van der Waals surface area contributed by atoms with Crippen LogP contribution < -0.4 is 21.7 Å². The van der Waals surface area contributed by atoms with Crippen LogP contribution in [-0.4, -0.2) is 66.2 Å². The molecule has 0 spiro atoms. The van der Waals surface area contributed by atoms with E-state index < -0.39 is 48.6 Å². The highest BCUT2D eigenvalue weighted by atomic mass is 16.5. The monoisotopic (exact) mass is 510 g/mol. The maximum Gasteiger partial charge on any atom is 0.325 e. The van der Waals surface area contributed by atoms with Crippen molar-refractivity contribution in [2.45, 2.75) is 109 Å². The zero-order chi connectivity index (χ0) is 26.9. The zero-order valence-electron chi connectivity index (χ0n) is 21.9. The molecule has 0 bridgehead atoms.